The lowest BCUT2D eigenvalue weighted by atomic mass is 10.4. The van der Waals surface area contributed by atoms with Gasteiger partial charge in [-0.3, -0.25) is 4.90 Å². The maximum Gasteiger partial charge on any atom is 0.0771 e. The molecule has 5 heteroatoms. The highest BCUT2D eigenvalue weighted by Gasteiger charge is 1.92. The van der Waals surface area contributed by atoms with Crippen molar-refractivity contribution in [3.63, 3.8) is 0 Å². The van der Waals surface area contributed by atoms with Gasteiger partial charge in [-0.05, 0) is 12.6 Å². The molecular weight excluding hydrogens is 130 g/mol. The topological polar surface area (TPSA) is 75.8 Å². The summed E-state index contributed by atoms with van der Waals surface area (Å²) in [7, 11) is 1.80. The Morgan fingerprint density at radius 1 is 1.80 bits per heavy atom. The van der Waals surface area contributed by atoms with Crippen LogP contribution in [0.25, 0.3) is 10.4 Å². The summed E-state index contributed by atoms with van der Waals surface area (Å²) in [5.41, 5.74) is 7.91. The maximum atomic E-state index is 8.16. The molecule has 0 amide bonds. The van der Waals surface area contributed by atoms with Gasteiger partial charge >= 0.3 is 0 Å². The van der Waals surface area contributed by atoms with Crippen molar-refractivity contribution in [2.75, 3.05) is 20.3 Å². The molecule has 0 unspecified atom stereocenters. The fourth-order valence-electron chi connectivity index (χ4n) is 0.448. The van der Waals surface area contributed by atoms with Gasteiger partial charge in [0, 0.05) is 17.9 Å². The van der Waals surface area contributed by atoms with E-state index in [1.807, 2.05) is 6.07 Å². The lowest BCUT2D eigenvalue weighted by molar-refractivity contribution is 0.353. The van der Waals surface area contributed by atoms with Crippen molar-refractivity contribution >= 4 is 0 Å². The van der Waals surface area contributed by atoms with Crippen LogP contribution in [0.4, 0.5) is 0 Å². The zero-order valence-corrected chi connectivity index (χ0v) is 5.86. The van der Waals surface area contributed by atoms with Crippen molar-refractivity contribution in [2.24, 2.45) is 5.11 Å². The molecule has 5 nitrogen and oxygen atoms in total. The van der Waals surface area contributed by atoms with Gasteiger partial charge in [-0.15, -0.1) is 0 Å². The highest BCUT2D eigenvalue weighted by atomic mass is 15.3. The molecule has 0 aliphatic carbocycles. The van der Waals surface area contributed by atoms with Crippen molar-refractivity contribution < 1.29 is 0 Å². The Kier molecular flexibility index (Phi) is 5.16. The predicted molar refractivity (Wildman–Crippen MR) is 36.9 cm³/mol. The van der Waals surface area contributed by atoms with Gasteiger partial charge in [0.2, 0.25) is 0 Å². The highest BCUT2D eigenvalue weighted by molar-refractivity contribution is 4.70. The summed E-state index contributed by atoms with van der Waals surface area (Å²) < 4.78 is 0. The first-order valence-corrected chi connectivity index (χ1v) is 2.87. The first-order chi connectivity index (χ1) is 4.81. The number of hydrogen-bond donors (Lipinski definition) is 0. The van der Waals surface area contributed by atoms with Crippen molar-refractivity contribution in [3.05, 3.63) is 10.4 Å². The van der Waals surface area contributed by atoms with E-state index in [9.17, 15) is 0 Å². The van der Waals surface area contributed by atoms with Crippen LogP contribution in [0.2, 0.25) is 0 Å². The molecule has 0 heterocycles. The third-order valence-electron chi connectivity index (χ3n) is 0.973. The van der Waals surface area contributed by atoms with E-state index in [0.29, 0.717) is 19.6 Å². The average Bonchev–Trinajstić information content (AvgIpc) is 1.97. The lowest BCUT2D eigenvalue weighted by Crippen LogP contribution is -2.18. The van der Waals surface area contributed by atoms with E-state index < -0.39 is 0 Å². The number of rotatable bonds is 4. The quantitative estimate of drug-likeness (QED) is 0.332. The molecule has 0 saturated heterocycles. The second-order valence-electron chi connectivity index (χ2n) is 1.86. The van der Waals surface area contributed by atoms with Crippen LogP contribution in [-0.4, -0.2) is 25.2 Å². The predicted octanol–water partition coefficient (Wildman–Crippen LogP) is 1.10. The van der Waals surface area contributed by atoms with Crippen molar-refractivity contribution in [1.82, 2.24) is 4.90 Å². The Hall–Kier alpha value is -1.24. The SMILES string of the molecule is CN(CCC#N)CN=[N+]=[N-]. The van der Waals surface area contributed by atoms with Crippen molar-refractivity contribution in [1.29, 1.82) is 5.26 Å². The van der Waals surface area contributed by atoms with Gasteiger partial charge < -0.3 is 0 Å². The number of nitrogens with zero attached hydrogens (tertiary/aromatic N) is 5. The van der Waals surface area contributed by atoms with Crippen LogP contribution in [0.5, 0.6) is 0 Å². The molecule has 0 spiro atoms. The summed E-state index contributed by atoms with van der Waals surface area (Å²) in [6, 6.07) is 2.00. The molecule has 0 aliphatic heterocycles. The van der Waals surface area contributed by atoms with Crippen molar-refractivity contribution in [2.45, 2.75) is 6.42 Å². The van der Waals surface area contributed by atoms with E-state index in [1.165, 1.54) is 0 Å². The molecule has 0 rings (SSSR count). The molecule has 0 saturated carbocycles. The fourth-order valence-corrected chi connectivity index (χ4v) is 0.448. The van der Waals surface area contributed by atoms with E-state index in [4.69, 9.17) is 10.8 Å². The summed E-state index contributed by atoms with van der Waals surface area (Å²) in [5.74, 6) is 0. The van der Waals surface area contributed by atoms with Gasteiger partial charge in [0.15, 0.2) is 0 Å². The molecule has 0 fully saturated rings. The summed E-state index contributed by atoms with van der Waals surface area (Å²) >= 11 is 0. The fraction of sp³-hybridized carbons (Fsp3) is 0.800. The van der Waals surface area contributed by atoms with E-state index in [-0.39, 0.29) is 0 Å². The Morgan fingerprint density at radius 3 is 3.00 bits per heavy atom. The lowest BCUT2D eigenvalue weighted by Gasteiger charge is -2.09. The van der Waals surface area contributed by atoms with Crippen LogP contribution >= 0.6 is 0 Å². The first-order valence-electron chi connectivity index (χ1n) is 2.87. The number of azide groups is 1. The van der Waals surface area contributed by atoms with Crippen LogP contribution in [0, 0.1) is 11.3 Å². The minimum absolute atomic E-state index is 0.332. The molecular formula is C5H9N5. The summed E-state index contributed by atoms with van der Waals surface area (Å²) in [6.07, 6.45) is 0.470. The van der Waals surface area contributed by atoms with E-state index in [0.717, 1.165) is 0 Å². The molecule has 0 aromatic rings. The molecule has 54 valence electrons. The van der Waals surface area contributed by atoms with Gasteiger partial charge in [-0.25, -0.2) is 0 Å². The van der Waals surface area contributed by atoms with Crippen LogP contribution in [-0.2, 0) is 0 Å². The number of hydrogen-bond acceptors (Lipinski definition) is 3. The third kappa shape index (κ3) is 4.91. The molecule has 0 aromatic carbocycles. The van der Waals surface area contributed by atoms with Gasteiger partial charge in [-0.1, -0.05) is 5.11 Å². The van der Waals surface area contributed by atoms with Gasteiger partial charge in [0.05, 0.1) is 12.7 Å². The molecule has 0 atom stereocenters. The summed E-state index contributed by atoms with van der Waals surface area (Å²) in [6.45, 7) is 0.980. The molecule has 0 aliphatic rings. The largest absolute Gasteiger partial charge is 0.300 e. The van der Waals surface area contributed by atoms with Gasteiger partial charge in [-0.2, -0.15) is 5.26 Å². The maximum absolute atomic E-state index is 8.16. The highest BCUT2D eigenvalue weighted by Crippen LogP contribution is 1.85. The van der Waals surface area contributed by atoms with E-state index in [1.54, 1.807) is 11.9 Å². The van der Waals surface area contributed by atoms with E-state index >= 15 is 0 Å². The normalized spacial score (nSPS) is 8.50. The second kappa shape index (κ2) is 5.89. The van der Waals surface area contributed by atoms with Crippen LogP contribution < -0.4 is 0 Å². The zero-order chi connectivity index (χ0) is 7.82. The number of nitriles is 1. The van der Waals surface area contributed by atoms with Crippen LogP contribution in [0.3, 0.4) is 0 Å². The zero-order valence-electron chi connectivity index (χ0n) is 5.86. The Labute approximate surface area is 59.5 Å². The Morgan fingerprint density at radius 2 is 2.50 bits per heavy atom. The van der Waals surface area contributed by atoms with Gasteiger partial charge in [0.1, 0.15) is 0 Å². The standard InChI is InChI=1S/C5H9N5/c1-10(4-2-3-6)5-8-9-7/h2,4-5H2,1H3. The molecule has 10 heavy (non-hydrogen) atoms. The molecule has 0 N–H and O–H groups in total. The minimum Gasteiger partial charge on any atom is -0.300 e. The average molecular weight is 139 g/mol. The van der Waals surface area contributed by atoms with Crippen LogP contribution in [0.15, 0.2) is 5.11 Å². The van der Waals surface area contributed by atoms with Gasteiger partial charge in [0.25, 0.3) is 0 Å². The monoisotopic (exact) mass is 139 g/mol. The Balaban J connectivity index is 3.35. The minimum atomic E-state index is 0.332. The second-order valence-corrected chi connectivity index (χ2v) is 1.86. The summed E-state index contributed by atoms with van der Waals surface area (Å²) in [5, 5.41) is 11.5. The molecule has 0 radical (unpaired) electrons. The third-order valence-corrected chi connectivity index (χ3v) is 0.973. The first kappa shape index (κ1) is 8.76. The molecule has 0 bridgehead atoms. The summed E-state index contributed by atoms with van der Waals surface area (Å²) in [4.78, 5) is 4.36. The molecule has 0 aromatic heterocycles. The van der Waals surface area contributed by atoms with Crippen molar-refractivity contribution in [3.8, 4) is 6.07 Å². The van der Waals surface area contributed by atoms with Crippen LogP contribution in [0.1, 0.15) is 6.42 Å². The van der Waals surface area contributed by atoms with E-state index in [2.05, 4.69) is 10.0 Å². The smallest absolute Gasteiger partial charge is 0.0771 e. The Bertz CT molecular complexity index is 163.